The zero-order valence-electron chi connectivity index (χ0n) is 14.5. The molecule has 0 atom stereocenters. The second-order valence-corrected chi connectivity index (χ2v) is 6.45. The Morgan fingerprint density at radius 1 is 1.16 bits per heavy atom. The normalized spacial score (nSPS) is 15.6. The number of halogens is 2. The van der Waals surface area contributed by atoms with E-state index in [1.54, 1.807) is 15.6 Å². The molecule has 0 N–H and O–H groups in total. The van der Waals surface area contributed by atoms with Gasteiger partial charge in [-0.25, -0.2) is 8.78 Å². The first-order valence-electron chi connectivity index (χ1n) is 8.38. The number of carbonyl (C=O) groups excluding carboxylic acids is 1. The molecular weight excluding hydrogens is 326 g/mol. The van der Waals surface area contributed by atoms with E-state index in [2.05, 4.69) is 5.10 Å². The summed E-state index contributed by atoms with van der Waals surface area (Å²) in [6.45, 7) is 6.85. The van der Waals surface area contributed by atoms with Gasteiger partial charge >= 0.3 is 0 Å². The maximum absolute atomic E-state index is 13.8. The van der Waals surface area contributed by atoms with E-state index in [0.29, 0.717) is 38.3 Å². The van der Waals surface area contributed by atoms with Crippen molar-refractivity contribution >= 4 is 5.91 Å². The second kappa shape index (κ2) is 7.31. The van der Waals surface area contributed by atoms with E-state index in [0.717, 1.165) is 17.5 Å². The van der Waals surface area contributed by atoms with Gasteiger partial charge in [0.05, 0.1) is 5.69 Å². The van der Waals surface area contributed by atoms with Gasteiger partial charge in [0.25, 0.3) is 0 Å². The van der Waals surface area contributed by atoms with E-state index in [9.17, 15) is 13.6 Å². The summed E-state index contributed by atoms with van der Waals surface area (Å²) in [5.41, 5.74) is 2.21. The Kier molecular flexibility index (Phi) is 5.13. The Hall–Kier alpha value is -2.28. The second-order valence-electron chi connectivity index (χ2n) is 6.45. The summed E-state index contributed by atoms with van der Waals surface area (Å²) >= 11 is 0. The summed E-state index contributed by atoms with van der Waals surface area (Å²) in [5.74, 6) is -1.58. The van der Waals surface area contributed by atoms with Crippen molar-refractivity contribution in [1.82, 2.24) is 19.6 Å². The van der Waals surface area contributed by atoms with Crippen molar-refractivity contribution in [3.05, 3.63) is 52.9 Å². The van der Waals surface area contributed by atoms with Crippen LogP contribution in [0.15, 0.2) is 24.3 Å². The quantitative estimate of drug-likeness (QED) is 0.850. The van der Waals surface area contributed by atoms with Gasteiger partial charge < -0.3 is 4.90 Å². The van der Waals surface area contributed by atoms with Crippen molar-refractivity contribution in [2.24, 2.45) is 0 Å². The van der Waals surface area contributed by atoms with E-state index in [-0.39, 0.29) is 12.5 Å². The van der Waals surface area contributed by atoms with Crippen LogP contribution in [-0.4, -0.2) is 51.7 Å². The van der Waals surface area contributed by atoms with Crippen molar-refractivity contribution < 1.29 is 13.6 Å². The van der Waals surface area contributed by atoms with Crippen molar-refractivity contribution in [1.29, 1.82) is 0 Å². The third-order valence-corrected chi connectivity index (χ3v) is 4.54. The molecule has 0 spiro atoms. The number of hydrogen-bond acceptors (Lipinski definition) is 3. The van der Waals surface area contributed by atoms with Gasteiger partial charge in [0.1, 0.15) is 6.54 Å². The lowest BCUT2D eigenvalue weighted by molar-refractivity contribution is -0.133. The Labute approximate surface area is 145 Å². The van der Waals surface area contributed by atoms with Crippen LogP contribution in [0.1, 0.15) is 17.0 Å². The van der Waals surface area contributed by atoms with Crippen LogP contribution in [0.3, 0.4) is 0 Å². The molecule has 0 radical (unpaired) electrons. The fraction of sp³-hybridized carbons (Fsp3) is 0.444. The standard InChI is InChI=1S/C18H22F2N4O/c1-13-10-14(2)24(21-13)12-17(25)23-8-6-22(7-9-23)11-15-4-3-5-16(19)18(15)20/h3-5,10H,6-9,11-12H2,1-2H3. The molecule has 1 aromatic heterocycles. The molecule has 2 aromatic rings. The number of benzene rings is 1. The van der Waals surface area contributed by atoms with Gasteiger partial charge in [0.15, 0.2) is 11.6 Å². The molecule has 0 unspecified atom stereocenters. The molecule has 1 fully saturated rings. The van der Waals surface area contributed by atoms with Gasteiger partial charge in [-0.2, -0.15) is 5.10 Å². The van der Waals surface area contributed by atoms with Crippen LogP contribution in [-0.2, 0) is 17.9 Å². The first-order valence-corrected chi connectivity index (χ1v) is 8.38. The molecule has 1 amide bonds. The molecule has 1 aromatic carbocycles. The molecule has 1 aliphatic rings. The zero-order chi connectivity index (χ0) is 18.0. The highest BCUT2D eigenvalue weighted by molar-refractivity contribution is 5.76. The van der Waals surface area contributed by atoms with Gasteiger partial charge in [-0.3, -0.25) is 14.4 Å². The number of amides is 1. The number of rotatable bonds is 4. The van der Waals surface area contributed by atoms with Gasteiger partial charge in [0, 0.05) is 44.0 Å². The fourth-order valence-corrected chi connectivity index (χ4v) is 3.13. The SMILES string of the molecule is Cc1cc(C)n(CC(=O)N2CCN(Cc3cccc(F)c3F)CC2)n1. The van der Waals surface area contributed by atoms with Gasteiger partial charge in [-0.15, -0.1) is 0 Å². The number of aromatic nitrogens is 2. The molecule has 25 heavy (non-hydrogen) atoms. The van der Waals surface area contributed by atoms with Crippen molar-refractivity contribution in [2.75, 3.05) is 26.2 Å². The maximum Gasteiger partial charge on any atom is 0.244 e. The van der Waals surface area contributed by atoms with Crippen molar-refractivity contribution in [3.8, 4) is 0 Å². The molecule has 134 valence electrons. The molecule has 7 heteroatoms. The highest BCUT2D eigenvalue weighted by Gasteiger charge is 2.22. The molecule has 5 nitrogen and oxygen atoms in total. The number of carbonyl (C=O) groups is 1. The van der Waals surface area contributed by atoms with E-state index < -0.39 is 11.6 Å². The number of piperazine rings is 1. The molecule has 1 saturated heterocycles. The average Bonchev–Trinajstić information content (AvgIpc) is 2.90. The summed E-state index contributed by atoms with van der Waals surface area (Å²) in [5, 5.41) is 4.32. The Balaban J connectivity index is 1.54. The molecule has 2 heterocycles. The summed E-state index contributed by atoms with van der Waals surface area (Å²) in [7, 11) is 0. The van der Waals surface area contributed by atoms with Crippen LogP contribution in [0.4, 0.5) is 8.78 Å². The molecule has 1 aliphatic heterocycles. The van der Waals surface area contributed by atoms with Gasteiger partial charge in [0.2, 0.25) is 5.91 Å². The van der Waals surface area contributed by atoms with Crippen molar-refractivity contribution in [3.63, 3.8) is 0 Å². The maximum atomic E-state index is 13.8. The zero-order valence-corrected chi connectivity index (χ0v) is 14.5. The predicted octanol–water partition coefficient (Wildman–Crippen LogP) is 2.12. The third-order valence-electron chi connectivity index (χ3n) is 4.54. The number of aryl methyl sites for hydroxylation is 2. The summed E-state index contributed by atoms with van der Waals surface area (Å²) in [6, 6.07) is 6.17. The van der Waals surface area contributed by atoms with E-state index in [1.165, 1.54) is 6.07 Å². The largest absolute Gasteiger partial charge is 0.339 e. The monoisotopic (exact) mass is 348 g/mol. The third kappa shape index (κ3) is 4.04. The minimum absolute atomic E-state index is 0.0304. The number of hydrogen-bond donors (Lipinski definition) is 0. The Bertz CT molecular complexity index is 766. The smallest absolute Gasteiger partial charge is 0.244 e. The average molecular weight is 348 g/mol. The predicted molar refractivity (Wildman–Crippen MR) is 89.9 cm³/mol. The van der Waals surface area contributed by atoms with E-state index in [4.69, 9.17) is 0 Å². The lowest BCUT2D eigenvalue weighted by Crippen LogP contribution is -2.49. The molecule has 0 aliphatic carbocycles. The van der Waals surface area contributed by atoms with E-state index >= 15 is 0 Å². The summed E-state index contributed by atoms with van der Waals surface area (Å²) in [4.78, 5) is 16.3. The Morgan fingerprint density at radius 2 is 1.88 bits per heavy atom. The van der Waals surface area contributed by atoms with Gasteiger partial charge in [-0.05, 0) is 26.0 Å². The van der Waals surface area contributed by atoms with Gasteiger partial charge in [-0.1, -0.05) is 12.1 Å². The van der Waals surface area contributed by atoms with Crippen LogP contribution >= 0.6 is 0 Å². The van der Waals surface area contributed by atoms with Crippen LogP contribution in [0.25, 0.3) is 0 Å². The van der Waals surface area contributed by atoms with Crippen molar-refractivity contribution in [2.45, 2.75) is 26.9 Å². The Morgan fingerprint density at radius 3 is 2.52 bits per heavy atom. The van der Waals surface area contributed by atoms with Crippen LogP contribution in [0.5, 0.6) is 0 Å². The molecule has 0 bridgehead atoms. The highest BCUT2D eigenvalue weighted by Crippen LogP contribution is 2.15. The lowest BCUT2D eigenvalue weighted by Gasteiger charge is -2.34. The molecule has 0 saturated carbocycles. The summed E-state index contributed by atoms with van der Waals surface area (Å²) < 4.78 is 28.8. The summed E-state index contributed by atoms with van der Waals surface area (Å²) in [6.07, 6.45) is 0. The fourth-order valence-electron chi connectivity index (χ4n) is 3.13. The van der Waals surface area contributed by atoms with Crippen LogP contribution < -0.4 is 0 Å². The highest BCUT2D eigenvalue weighted by atomic mass is 19.2. The lowest BCUT2D eigenvalue weighted by atomic mass is 10.1. The first-order chi connectivity index (χ1) is 11.9. The van der Waals surface area contributed by atoms with Crippen LogP contribution in [0.2, 0.25) is 0 Å². The van der Waals surface area contributed by atoms with E-state index in [1.807, 2.05) is 24.8 Å². The molecular formula is C18H22F2N4O. The minimum atomic E-state index is -0.823. The van der Waals surface area contributed by atoms with Crippen LogP contribution in [0, 0.1) is 25.5 Å². The first kappa shape index (κ1) is 17.5. The topological polar surface area (TPSA) is 41.4 Å². The number of nitrogens with zero attached hydrogens (tertiary/aromatic N) is 4. The minimum Gasteiger partial charge on any atom is -0.339 e. The molecule has 3 rings (SSSR count).